The largest absolute Gasteiger partial charge is 0.344 e. The maximum atomic E-state index is 12.4. The normalized spacial score (nSPS) is 10.5. The fourth-order valence-electron chi connectivity index (χ4n) is 2.75. The average molecular weight is 407 g/mol. The summed E-state index contributed by atoms with van der Waals surface area (Å²) < 4.78 is 5.04. The Kier molecular flexibility index (Phi) is 6.79. The van der Waals surface area contributed by atoms with E-state index in [0.29, 0.717) is 25.3 Å². The lowest BCUT2D eigenvalue weighted by Crippen LogP contribution is -2.33. The van der Waals surface area contributed by atoms with Gasteiger partial charge in [0.2, 0.25) is 0 Å². The number of rotatable bonds is 7. The first-order valence-electron chi connectivity index (χ1n) is 9.66. The first kappa shape index (κ1) is 21.0. The first-order valence-corrected chi connectivity index (χ1v) is 9.66. The Bertz CT molecular complexity index is 1020. The van der Waals surface area contributed by atoms with Crippen LogP contribution in [0, 0.1) is 13.8 Å². The molecule has 0 aliphatic rings. The summed E-state index contributed by atoms with van der Waals surface area (Å²) in [5.41, 5.74) is 3.82. The Morgan fingerprint density at radius 1 is 1.10 bits per heavy atom. The Morgan fingerprint density at radius 2 is 1.87 bits per heavy atom. The molecule has 0 aliphatic carbocycles. The highest BCUT2D eigenvalue weighted by Crippen LogP contribution is 2.16. The monoisotopic (exact) mass is 407 g/mol. The maximum absolute atomic E-state index is 12.4. The Labute approximate surface area is 175 Å². The minimum absolute atomic E-state index is 0.0941. The summed E-state index contributed by atoms with van der Waals surface area (Å²) in [6.07, 6.45) is 0.367. The van der Waals surface area contributed by atoms with Crippen molar-refractivity contribution in [2.75, 3.05) is 18.9 Å². The summed E-state index contributed by atoms with van der Waals surface area (Å²) in [5.74, 6) is -0.159. The molecule has 2 aromatic carbocycles. The lowest BCUT2D eigenvalue weighted by molar-refractivity contribution is 0.0907. The number of urea groups is 1. The fourth-order valence-corrected chi connectivity index (χ4v) is 2.75. The quantitative estimate of drug-likeness (QED) is 0.626. The van der Waals surface area contributed by atoms with Crippen molar-refractivity contribution in [3.05, 3.63) is 76.9 Å². The smallest absolute Gasteiger partial charge is 0.321 e. The molecule has 0 radical (unpaired) electrons. The van der Waals surface area contributed by atoms with Crippen LogP contribution in [0.25, 0.3) is 0 Å². The van der Waals surface area contributed by atoms with Crippen LogP contribution in [0.3, 0.4) is 0 Å². The minimum atomic E-state index is -0.432. The number of nitrogens with one attached hydrogen (secondary N) is 2. The van der Waals surface area contributed by atoms with Crippen molar-refractivity contribution >= 4 is 17.6 Å². The van der Waals surface area contributed by atoms with E-state index in [9.17, 15) is 9.59 Å². The molecule has 0 saturated heterocycles. The number of carbonyl (C=O) groups is 2. The molecule has 0 bridgehead atoms. The molecule has 0 fully saturated rings. The van der Waals surface area contributed by atoms with Gasteiger partial charge in [-0.1, -0.05) is 47.6 Å². The van der Waals surface area contributed by atoms with Crippen molar-refractivity contribution in [2.45, 2.75) is 26.8 Å². The van der Waals surface area contributed by atoms with E-state index in [1.165, 1.54) is 4.90 Å². The molecule has 0 saturated carbocycles. The van der Waals surface area contributed by atoms with Crippen molar-refractivity contribution in [3.63, 3.8) is 0 Å². The highest BCUT2D eigenvalue weighted by Gasteiger charge is 2.16. The van der Waals surface area contributed by atoms with Crippen LogP contribution in [0.2, 0.25) is 0 Å². The number of hydrogen-bond acceptors (Lipinski definition) is 5. The van der Waals surface area contributed by atoms with E-state index in [2.05, 4.69) is 20.8 Å². The molecule has 2 N–H and O–H groups in total. The molecule has 3 amide bonds. The summed E-state index contributed by atoms with van der Waals surface area (Å²) in [7, 11) is 1.69. The molecule has 8 nitrogen and oxygen atoms in total. The van der Waals surface area contributed by atoms with E-state index in [1.807, 2.05) is 62.4 Å². The average Bonchev–Trinajstić information content (AvgIpc) is 3.22. The molecule has 3 aromatic rings. The fraction of sp³-hybridized carbons (Fsp3) is 0.273. The van der Waals surface area contributed by atoms with Gasteiger partial charge in [-0.25, -0.2) is 4.79 Å². The lowest BCUT2D eigenvalue weighted by Gasteiger charge is -2.18. The molecular formula is C22H25N5O3. The van der Waals surface area contributed by atoms with Gasteiger partial charge in [0.25, 0.3) is 0 Å². The van der Waals surface area contributed by atoms with Gasteiger partial charge in [0.05, 0.1) is 0 Å². The summed E-state index contributed by atoms with van der Waals surface area (Å²) >= 11 is 0. The second-order valence-electron chi connectivity index (χ2n) is 7.10. The van der Waals surface area contributed by atoms with E-state index in [4.69, 9.17) is 4.52 Å². The third kappa shape index (κ3) is 5.66. The number of hydrogen-bond donors (Lipinski definition) is 2. The van der Waals surface area contributed by atoms with Crippen molar-refractivity contribution in [1.29, 1.82) is 0 Å². The number of anilines is 1. The molecule has 0 aliphatic heterocycles. The number of carbonyl (C=O) groups excluding carboxylic acids is 2. The molecule has 0 spiro atoms. The number of nitrogens with zero attached hydrogens (tertiary/aromatic N) is 3. The van der Waals surface area contributed by atoms with Crippen LogP contribution in [0.5, 0.6) is 0 Å². The van der Waals surface area contributed by atoms with Gasteiger partial charge in [-0.15, -0.1) is 0 Å². The predicted octanol–water partition coefficient (Wildman–Crippen LogP) is 3.32. The molecule has 0 unspecified atom stereocenters. The third-order valence-corrected chi connectivity index (χ3v) is 4.61. The number of amides is 3. The lowest BCUT2D eigenvalue weighted by atomic mass is 10.1. The van der Waals surface area contributed by atoms with Crippen molar-refractivity contribution in [3.8, 4) is 0 Å². The molecule has 3 rings (SSSR count). The van der Waals surface area contributed by atoms with Crippen molar-refractivity contribution in [1.82, 2.24) is 20.4 Å². The summed E-state index contributed by atoms with van der Waals surface area (Å²) in [4.78, 5) is 30.2. The van der Waals surface area contributed by atoms with Gasteiger partial charge in [0, 0.05) is 32.2 Å². The first-order chi connectivity index (χ1) is 14.4. The van der Waals surface area contributed by atoms with Crippen molar-refractivity contribution in [2.24, 2.45) is 0 Å². The second-order valence-corrected chi connectivity index (χ2v) is 7.10. The highest BCUT2D eigenvalue weighted by atomic mass is 16.5. The van der Waals surface area contributed by atoms with Crippen LogP contribution in [0.15, 0.2) is 53.1 Å². The molecule has 30 heavy (non-hydrogen) atoms. The van der Waals surface area contributed by atoms with Crippen LogP contribution in [0.1, 0.15) is 33.2 Å². The Hall–Kier alpha value is -3.68. The zero-order chi connectivity index (χ0) is 21.5. The predicted molar refractivity (Wildman–Crippen MR) is 113 cm³/mol. The number of likely N-dealkylation sites (N-methyl/N-ethyl adjacent to an activating group) is 1. The van der Waals surface area contributed by atoms with Crippen LogP contribution in [-0.2, 0) is 13.0 Å². The van der Waals surface area contributed by atoms with Crippen LogP contribution in [-0.4, -0.2) is 40.6 Å². The van der Waals surface area contributed by atoms with Gasteiger partial charge in [-0.3, -0.25) is 4.79 Å². The second kappa shape index (κ2) is 9.69. The molecule has 1 aromatic heterocycles. The molecule has 0 atom stereocenters. The molecule has 8 heteroatoms. The van der Waals surface area contributed by atoms with Crippen LogP contribution >= 0.6 is 0 Å². The van der Waals surface area contributed by atoms with E-state index >= 15 is 0 Å². The van der Waals surface area contributed by atoms with Gasteiger partial charge >= 0.3 is 17.8 Å². The van der Waals surface area contributed by atoms with E-state index in [1.54, 1.807) is 7.05 Å². The summed E-state index contributed by atoms with van der Waals surface area (Å²) in [6.45, 7) is 4.67. The third-order valence-electron chi connectivity index (χ3n) is 4.61. The number of aryl methyl sites for hydroxylation is 2. The SMILES string of the molecule is Cc1ccc(C)c(NC(=O)N(C)CCc2noc(C(=O)NCc3ccccc3)n2)c1. The Morgan fingerprint density at radius 3 is 2.63 bits per heavy atom. The number of benzene rings is 2. The Balaban J connectivity index is 1.48. The van der Waals surface area contributed by atoms with Gasteiger partial charge in [-0.2, -0.15) is 4.98 Å². The standard InChI is InChI=1S/C22H25N5O3/c1-15-9-10-16(2)18(13-15)24-22(29)27(3)12-11-19-25-21(30-26-19)20(28)23-14-17-7-5-4-6-8-17/h4-10,13H,11-12,14H2,1-3H3,(H,23,28)(H,24,29). The van der Waals surface area contributed by atoms with Crippen molar-refractivity contribution < 1.29 is 14.1 Å². The summed E-state index contributed by atoms with van der Waals surface area (Å²) in [5, 5.41) is 9.47. The van der Waals surface area contributed by atoms with Crippen LogP contribution in [0.4, 0.5) is 10.5 Å². The van der Waals surface area contributed by atoms with Gasteiger partial charge in [-0.05, 0) is 36.6 Å². The van der Waals surface area contributed by atoms with E-state index in [0.717, 1.165) is 22.4 Å². The maximum Gasteiger partial charge on any atom is 0.321 e. The minimum Gasteiger partial charge on any atom is -0.344 e. The van der Waals surface area contributed by atoms with Crippen LogP contribution < -0.4 is 10.6 Å². The van der Waals surface area contributed by atoms with E-state index in [-0.39, 0.29) is 11.9 Å². The van der Waals surface area contributed by atoms with Gasteiger partial charge in [0.15, 0.2) is 5.82 Å². The summed E-state index contributed by atoms with van der Waals surface area (Å²) in [6, 6.07) is 15.2. The topological polar surface area (TPSA) is 100 Å². The zero-order valence-electron chi connectivity index (χ0n) is 17.3. The van der Waals surface area contributed by atoms with Gasteiger partial charge in [0.1, 0.15) is 0 Å². The molecule has 1 heterocycles. The van der Waals surface area contributed by atoms with E-state index < -0.39 is 5.91 Å². The highest BCUT2D eigenvalue weighted by molar-refractivity contribution is 5.90. The van der Waals surface area contributed by atoms with Gasteiger partial charge < -0.3 is 20.1 Å². The molecule has 156 valence electrons. The number of aromatic nitrogens is 2. The zero-order valence-corrected chi connectivity index (χ0v) is 17.3. The molecular weight excluding hydrogens is 382 g/mol.